The maximum Gasteiger partial charge on any atom is 0.0679 e. The van der Waals surface area contributed by atoms with Gasteiger partial charge in [-0.15, -0.1) is 0 Å². The number of hydrogen-bond acceptors (Lipinski definition) is 1. The molecule has 3 atom stereocenters. The summed E-state index contributed by atoms with van der Waals surface area (Å²) in [6.07, 6.45) is 11.9. The third-order valence-corrected chi connectivity index (χ3v) is 4.97. The SMILES string of the molecule is C=C(COCCCC)[C@H]1C=C(C)[C@H]2CCCC[C@@H]2C1. The Bertz CT molecular complexity index is 329. The molecule has 0 aromatic heterocycles. The topological polar surface area (TPSA) is 9.23 Å². The van der Waals surface area contributed by atoms with Crippen molar-refractivity contribution in [1.82, 2.24) is 0 Å². The Morgan fingerprint density at radius 3 is 2.95 bits per heavy atom. The molecule has 0 radical (unpaired) electrons. The normalized spacial score (nSPS) is 30.6. The molecule has 0 aromatic rings. The first kappa shape index (κ1) is 14.8. The molecule has 0 saturated heterocycles. The van der Waals surface area contributed by atoms with Gasteiger partial charge in [0.1, 0.15) is 0 Å². The number of ether oxygens (including phenoxy) is 1. The zero-order chi connectivity index (χ0) is 13.7. The maximum atomic E-state index is 5.73. The molecule has 0 aromatic carbocycles. The van der Waals surface area contributed by atoms with E-state index >= 15 is 0 Å². The molecule has 1 nitrogen and oxygen atoms in total. The summed E-state index contributed by atoms with van der Waals surface area (Å²) in [6, 6.07) is 0. The van der Waals surface area contributed by atoms with Gasteiger partial charge < -0.3 is 4.74 Å². The van der Waals surface area contributed by atoms with Gasteiger partial charge in [0.05, 0.1) is 6.61 Å². The summed E-state index contributed by atoms with van der Waals surface area (Å²) >= 11 is 0. The molecule has 1 fully saturated rings. The first-order chi connectivity index (χ1) is 9.22. The Morgan fingerprint density at radius 2 is 2.16 bits per heavy atom. The first-order valence-corrected chi connectivity index (χ1v) is 8.16. The summed E-state index contributed by atoms with van der Waals surface area (Å²) in [5, 5.41) is 0. The van der Waals surface area contributed by atoms with Crippen LogP contribution in [-0.4, -0.2) is 13.2 Å². The summed E-state index contributed by atoms with van der Waals surface area (Å²) in [5.41, 5.74) is 2.91. The van der Waals surface area contributed by atoms with E-state index in [1.807, 2.05) is 0 Å². The van der Waals surface area contributed by atoms with E-state index in [0.29, 0.717) is 5.92 Å². The van der Waals surface area contributed by atoms with E-state index in [-0.39, 0.29) is 0 Å². The second-order valence-electron chi connectivity index (χ2n) is 6.47. The van der Waals surface area contributed by atoms with Crippen molar-refractivity contribution in [3.8, 4) is 0 Å². The lowest BCUT2D eigenvalue weighted by Crippen LogP contribution is -2.28. The summed E-state index contributed by atoms with van der Waals surface area (Å²) in [4.78, 5) is 0. The smallest absolute Gasteiger partial charge is 0.0679 e. The molecule has 0 N–H and O–H groups in total. The standard InChI is InChI=1S/C18H30O/c1-4-5-10-19-13-15(3)17-11-14(2)18-9-7-6-8-16(18)12-17/h11,16-18H,3-10,12-13H2,1-2H3/t16-,17+,18-/m1/s1. The van der Waals surface area contributed by atoms with Gasteiger partial charge in [0.25, 0.3) is 0 Å². The third-order valence-electron chi connectivity index (χ3n) is 4.97. The molecular formula is C18H30O. The Kier molecular flexibility index (Phi) is 5.69. The number of hydrogen-bond donors (Lipinski definition) is 0. The molecule has 0 spiro atoms. The largest absolute Gasteiger partial charge is 0.377 e. The first-order valence-electron chi connectivity index (χ1n) is 8.16. The Labute approximate surface area is 119 Å². The van der Waals surface area contributed by atoms with Crippen LogP contribution in [0.1, 0.15) is 58.8 Å². The zero-order valence-electron chi connectivity index (χ0n) is 12.8. The van der Waals surface area contributed by atoms with Gasteiger partial charge in [-0.1, -0.05) is 44.4 Å². The minimum atomic E-state index is 0.570. The molecule has 0 heterocycles. The Balaban J connectivity index is 1.86. The number of rotatable bonds is 6. The van der Waals surface area contributed by atoms with Gasteiger partial charge in [0, 0.05) is 12.5 Å². The minimum absolute atomic E-state index is 0.570. The number of fused-ring (bicyclic) bond motifs is 1. The van der Waals surface area contributed by atoms with Crippen LogP contribution < -0.4 is 0 Å². The van der Waals surface area contributed by atoms with E-state index in [0.717, 1.165) is 31.5 Å². The fraction of sp³-hybridized carbons (Fsp3) is 0.778. The molecule has 2 rings (SSSR count). The quantitative estimate of drug-likeness (QED) is 0.476. The van der Waals surface area contributed by atoms with Crippen molar-refractivity contribution in [3.63, 3.8) is 0 Å². The molecule has 0 unspecified atom stereocenters. The van der Waals surface area contributed by atoms with Crippen LogP contribution in [0.25, 0.3) is 0 Å². The molecule has 19 heavy (non-hydrogen) atoms. The molecule has 1 heteroatoms. The minimum Gasteiger partial charge on any atom is -0.377 e. The number of unbranched alkanes of at least 4 members (excludes halogenated alkanes) is 1. The van der Waals surface area contributed by atoms with Crippen molar-refractivity contribution in [2.75, 3.05) is 13.2 Å². The molecule has 108 valence electrons. The highest BCUT2D eigenvalue weighted by Gasteiger charge is 2.32. The van der Waals surface area contributed by atoms with Crippen LogP contribution in [0.5, 0.6) is 0 Å². The third kappa shape index (κ3) is 3.95. The highest BCUT2D eigenvalue weighted by atomic mass is 16.5. The summed E-state index contributed by atoms with van der Waals surface area (Å²) < 4.78 is 5.73. The Morgan fingerprint density at radius 1 is 1.37 bits per heavy atom. The van der Waals surface area contributed by atoms with Crippen molar-refractivity contribution < 1.29 is 4.74 Å². The van der Waals surface area contributed by atoms with Crippen LogP contribution in [0.15, 0.2) is 23.8 Å². The van der Waals surface area contributed by atoms with Gasteiger partial charge in [-0.05, 0) is 50.0 Å². The molecule has 2 aliphatic carbocycles. The summed E-state index contributed by atoms with van der Waals surface area (Å²) in [7, 11) is 0. The van der Waals surface area contributed by atoms with E-state index in [1.165, 1.54) is 44.1 Å². The average Bonchev–Trinajstić information content (AvgIpc) is 2.43. The van der Waals surface area contributed by atoms with Crippen LogP contribution in [-0.2, 0) is 4.74 Å². The van der Waals surface area contributed by atoms with Gasteiger partial charge in [-0.3, -0.25) is 0 Å². The van der Waals surface area contributed by atoms with Crippen LogP contribution >= 0.6 is 0 Å². The van der Waals surface area contributed by atoms with Crippen LogP contribution in [0.3, 0.4) is 0 Å². The van der Waals surface area contributed by atoms with Crippen LogP contribution in [0, 0.1) is 17.8 Å². The lowest BCUT2D eigenvalue weighted by molar-refractivity contribution is 0.143. The highest BCUT2D eigenvalue weighted by Crippen LogP contribution is 2.44. The molecule has 2 aliphatic rings. The van der Waals surface area contributed by atoms with Crippen molar-refractivity contribution >= 4 is 0 Å². The van der Waals surface area contributed by atoms with Crippen molar-refractivity contribution in [2.45, 2.75) is 58.8 Å². The van der Waals surface area contributed by atoms with E-state index in [2.05, 4.69) is 26.5 Å². The molecule has 0 aliphatic heterocycles. The second-order valence-corrected chi connectivity index (χ2v) is 6.47. The highest BCUT2D eigenvalue weighted by molar-refractivity contribution is 5.20. The zero-order valence-corrected chi connectivity index (χ0v) is 12.8. The Hall–Kier alpha value is -0.560. The summed E-state index contributed by atoms with van der Waals surface area (Å²) in [5.74, 6) is 2.36. The van der Waals surface area contributed by atoms with Crippen LogP contribution in [0.2, 0.25) is 0 Å². The lowest BCUT2D eigenvalue weighted by Gasteiger charge is -2.39. The molecule has 1 saturated carbocycles. The molecule has 0 amide bonds. The number of allylic oxidation sites excluding steroid dienone is 2. The van der Waals surface area contributed by atoms with Gasteiger partial charge in [-0.25, -0.2) is 0 Å². The molecular weight excluding hydrogens is 232 g/mol. The molecule has 0 bridgehead atoms. The maximum absolute atomic E-state index is 5.73. The fourth-order valence-corrected chi connectivity index (χ4v) is 3.77. The lowest BCUT2D eigenvalue weighted by atomic mass is 9.67. The van der Waals surface area contributed by atoms with Gasteiger partial charge in [0.15, 0.2) is 0 Å². The van der Waals surface area contributed by atoms with Crippen LogP contribution in [0.4, 0.5) is 0 Å². The van der Waals surface area contributed by atoms with E-state index < -0.39 is 0 Å². The van der Waals surface area contributed by atoms with E-state index in [9.17, 15) is 0 Å². The van der Waals surface area contributed by atoms with Gasteiger partial charge >= 0.3 is 0 Å². The van der Waals surface area contributed by atoms with Crippen molar-refractivity contribution in [3.05, 3.63) is 23.8 Å². The van der Waals surface area contributed by atoms with Crippen molar-refractivity contribution in [1.29, 1.82) is 0 Å². The van der Waals surface area contributed by atoms with Gasteiger partial charge in [-0.2, -0.15) is 0 Å². The average molecular weight is 262 g/mol. The van der Waals surface area contributed by atoms with E-state index in [4.69, 9.17) is 4.74 Å². The van der Waals surface area contributed by atoms with Gasteiger partial charge in [0.2, 0.25) is 0 Å². The monoisotopic (exact) mass is 262 g/mol. The van der Waals surface area contributed by atoms with Crippen molar-refractivity contribution in [2.24, 2.45) is 17.8 Å². The predicted molar refractivity (Wildman–Crippen MR) is 82.2 cm³/mol. The fourth-order valence-electron chi connectivity index (χ4n) is 3.77. The second kappa shape index (κ2) is 7.28. The predicted octanol–water partition coefficient (Wildman–Crippen LogP) is 5.13. The van der Waals surface area contributed by atoms with E-state index in [1.54, 1.807) is 5.57 Å². The summed E-state index contributed by atoms with van der Waals surface area (Å²) in [6.45, 7) is 10.5.